The number of nitrogens with one attached hydrogen (secondary N) is 1. The summed E-state index contributed by atoms with van der Waals surface area (Å²) in [4.78, 5) is 11.0. The van der Waals surface area contributed by atoms with Crippen LogP contribution in [0, 0.1) is 0 Å². The fourth-order valence-electron chi connectivity index (χ4n) is 0.950. The van der Waals surface area contributed by atoms with Crippen molar-refractivity contribution in [2.24, 2.45) is 0 Å². The molecule has 3 heteroatoms. The van der Waals surface area contributed by atoms with Gasteiger partial charge < -0.3 is 10.1 Å². The topological polar surface area (TPSA) is 38.3 Å². The van der Waals surface area contributed by atoms with Gasteiger partial charge in [0.15, 0.2) is 0 Å². The number of hydrogen-bond donors (Lipinski definition) is 1. The molecule has 0 fully saturated rings. The van der Waals surface area contributed by atoms with Crippen molar-refractivity contribution in [3.8, 4) is 5.75 Å². The predicted octanol–water partition coefficient (Wildman–Crippen LogP) is 2.04. The standard InChI is InChI=1S/C10H13NO2/c1-3-10(12)11-8-5-4-6-9(7-8)13-2/h4-7H,3H2,1-2H3,(H,11,12). The van der Waals surface area contributed by atoms with Crippen molar-refractivity contribution in [2.45, 2.75) is 13.3 Å². The zero-order valence-electron chi connectivity index (χ0n) is 7.83. The van der Waals surface area contributed by atoms with Crippen molar-refractivity contribution in [1.29, 1.82) is 0 Å². The molecular weight excluding hydrogens is 166 g/mol. The first kappa shape index (κ1) is 9.58. The third-order valence-corrected chi connectivity index (χ3v) is 1.67. The molecule has 0 unspecified atom stereocenters. The monoisotopic (exact) mass is 179 g/mol. The summed E-state index contributed by atoms with van der Waals surface area (Å²) in [6.07, 6.45) is 0.483. The fourth-order valence-corrected chi connectivity index (χ4v) is 0.950. The fraction of sp³-hybridized carbons (Fsp3) is 0.300. The van der Waals surface area contributed by atoms with Crippen LogP contribution in [0.4, 0.5) is 5.69 Å². The average molecular weight is 179 g/mol. The van der Waals surface area contributed by atoms with Crippen LogP contribution >= 0.6 is 0 Å². The van der Waals surface area contributed by atoms with Crippen LogP contribution in [0.3, 0.4) is 0 Å². The molecule has 0 radical (unpaired) electrons. The average Bonchev–Trinajstić information content (AvgIpc) is 2.18. The van der Waals surface area contributed by atoms with Crippen LogP contribution in [-0.2, 0) is 4.79 Å². The van der Waals surface area contributed by atoms with E-state index in [1.54, 1.807) is 13.2 Å². The Labute approximate surface area is 77.7 Å². The van der Waals surface area contributed by atoms with E-state index in [0.29, 0.717) is 6.42 Å². The summed E-state index contributed by atoms with van der Waals surface area (Å²) in [5.74, 6) is 0.752. The molecule has 0 aliphatic carbocycles. The molecule has 1 aromatic carbocycles. The summed E-state index contributed by atoms with van der Waals surface area (Å²) in [6.45, 7) is 1.81. The Hall–Kier alpha value is -1.51. The molecule has 0 aliphatic rings. The van der Waals surface area contributed by atoms with Crippen molar-refractivity contribution < 1.29 is 9.53 Å². The third kappa shape index (κ3) is 2.78. The van der Waals surface area contributed by atoms with Gasteiger partial charge in [0, 0.05) is 18.2 Å². The molecule has 0 aliphatic heterocycles. The lowest BCUT2D eigenvalue weighted by Gasteiger charge is -2.04. The number of ether oxygens (including phenoxy) is 1. The van der Waals surface area contributed by atoms with Crippen LogP contribution in [0.25, 0.3) is 0 Å². The summed E-state index contributed by atoms with van der Waals surface area (Å²) in [6, 6.07) is 7.29. The number of hydrogen-bond acceptors (Lipinski definition) is 2. The zero-order valence-corrected chi connectivity index (χ0v) is 7.83. The van der Waals surface area contributed by atoms with E-state index in [0.717, 1.165) is 11.4 Å². The van der Waals surface area contributed by atoms with Gasteiger partial charge in [0.05, 0.1) is 7.11 Å². The molecule has 13 heavy (non-hydrogen) atoms. The Bertz CT molecular complexity index is 297. The van der Waals surface area contributed by atoms with Gasteiger partial charge >= 0.3 is 0 Å². The molecule has 0 saturated heterocycles. The minimum absolute atomic E-state index is 0.00764. The normalized spacial score (nSPS) is 9.38. The lowest BCUT2D eigenvalue weighted by Crippen LogP contribution is -2.09. The Kier molecular flexibility index (Phi) is 3.31. The molecule has 0 atom stereocenters. The van der Waals surface area contributed by atoms with E-state index in [9.17, 15) is 4.79 Å². The smallest absolute Gasteiger partial charge is 0.224 e. The van der Waals surface area contributed by atoms with Gasteiger partial charge in [-0.05, 0) is 12.1 Å². The van der Waals surface area contributed by atoms with Gasteiger partial charge in [0.25, 0.3) is 0 Å². The Balaban J connectivity index is 2.71. The van der Waals surface area contributed by atoms with E-state index >= 15 is 0 Å². The van der Waals surface area contributed by atoms with Crippen LogP contribution in [-0.4, -0.2) is 13.0 Å². The first-order valence-electron chi connectivity index (χ1n) is 4.20. The molecule has 1 rings (SSSR count). The summed E-state index contributed by atoms with van der Waals surface area (Å²) >= 11 is 0. The van der Waals surface area contributed by atoms with Gasteiger partial charge in [0.1, 0.15) is 5.75 Å². The Morgan fingerprint density at radius 3 is 2.92 bits per heavy atom. The van der Waals surface area contributed by atoms with Crippen molar-refractivity contribution in [1.82, 2.24) is 0 Å². The predicted molar refractivity (Wildman–Crippen MR) is 51.9 cm³/mol. The summed E-state index contributed by atoms with van der Waals surface area (Å²) in [5.41, 5.74) is 0.770. The Morgan fingerprint density at radius 1 is 1.54 bits per heavy atom. The van der Waals surface area contributed by atoms with Crippen LogP contribution < -0.4 is 10.1 Å². The number of anilines is 1. The Morgan fingerprint density at radius 2 is 2.31 bits per heavy atom. The number of methoxy groups -OCH3 is 1. The molecule has 3 nitrogen and oxygen atoms in total. The first-order chi connectivity index (χ1) is 6.26. The maximum atomic E-state index is 11.0. The minimum Gasteiger partial charge on any atom is -0.497 e. The molecule has 0 saturated carbocycles. The van der Waals surface area contributed by atoms with Gasteiger partial charge in [-0.3, -0.25) is 4.79 Å². The van der Waals surface area contributed by atoms with Crippen LogP contribution in [0.2, 0.25) is 0 Å². The largest absolute Gasteiger partial charge is 0.497 e. The molecule has 70 valence electrons. The van der Waals surface area contributed by atoms with Gasteiger partial charge in [-0.25, -0.2) is 0 Å². The van der Waals surface area contributed by atoms with Gasteiger partial charge in [-0.1, -0.05) is 13.0 Å². The summed E-state index contributed by atoms with van der Waals surface area (Å²) in [7, 11) is 1.60. The number of benzene rings is 1. The molecule has 0 bridgehead atoms. The van der Waals surface area contributed by atoms with E-state index in [1.807, 2.05) is 25.1 Å². The quantitative estimate of drug-likeness (QED) is 0.771. The zero-order chi connectivity index (χ0) is 9.68. The van der Waals surface area contributed by atoms with E-state index < -0.39 is 0 Å². The number of rotatable bonds is 3. The third-order valence-electron chi connectivity index (χ3n) is 1.67. The SMILES string of the molecule is CCC(=O)Nc1cccc(OC)c1. The molecule has 1 N–H and O–H groups in total. The molecule has 1 amide bonds. The van der Waals surface area contributed by atoms with Crippen LogP contribution in [0.1, 0.15) is 13.3 Å². The van der Waals surface area contributed by atoms with Crippen molar-refractivity contribution in [3.05, 3.63) is 24.3 Å². The minimum atomic E-state index is 0.00764. The van der Waals surface area contributed by atoms with E-state index in [-0.39, 0.29) is 5.91 Å². The molecule has 1 aromatic rings. The highest BCUT2D eigenvalue weighted by molar-refractivity contribution is 5.90. The van der Waals surface area contributed by atoms with Crippen molar-refractivity contribution in [3.63, 3.8) is 0 Å². The van der Waals surface area contributed by atoms with Crippen LogP contribution in [0.5, 0.6) is 5.75 Å². The van der Waals surface area contributed by atoms with Crippen LogP contribution in [0.15, 0.2) is 24.3 Å². The number of amides is 1. The highest BCUT2D eigenvalue weighted by Crippen LogP contribution is 2.16. The van der Waals surface area contributed by atoms with E-state index in [2.05, 4.69) is 5.32 Å². The van der Waals surface area contributed by atoms with Gasteiger partial charge in [0.2, 0.25) is 5.91 Å². The molecular formula is C10H13NO2. The number of carbonyl (C=O) groups is 1. The molecule has 0 spiro atoms. The highest BCUT2D eigenvalue weighted by Gasteiger charge is 1.99. The second-order valence-corrected chi connectivity index (χ2v) is 2.63. The summed E-state index contributed by atoms with van der Waals surface area (Å²) < 4.78 is 5.02. The van der Waals surface area contributed by atoms with Gasteiger partial charge in [-0.2, -0.15) is 0 Å². The highest BCUT2D eigenvalue weighted by atomic mass is 16.5. The lowest BCUT2D eigenvalue weighted by atomic mass is 10.3. The van der Waals surface area contributed by atoms with Gasteiger partial charge in [-0.15, -0.1) is 0 Å². The molecule has 0 aromatic heterocycles. The second kappa shape index (κ2) is 4.50. The first-order valence-corrected chi connectivity index (χ1v) is 4.20. The summed E-state index contributed by atoms with van der Waals surface area (Å²) in [5, 5.41) is 2.75. The number of carbonyl (C=O) groups excluding carboxylic acids is 1. The maximum absolute atomic E-state index is 11.0. The van der Waals surface area contributed by atoms with Crippen molar-refractivity contribution in [2.75, 3.05) is 12.4 Å². The van der Waals surface area contributed by atoms with Crippen molar-refractivity contribution >= 4 is 11.6 Å². The lowest BCUT2D eigenvalue weighted by molar-refractivity contribution is -0.115. The second-order valence-electron chi connectivity index (χ2n) is 2.63. The van der Waals surface area contributed by atoms with E-state index in [1.165, 1.54) is 0 Å². The molecule has 0 heterocycles. The maximum Gasteiger partial charge on any atom is 0.224 e. The van der Waals surface area contributed by atoms with E-state index in [4.69, 9.17) is 4.74 Å².